The highest BCUT2D eigenvalue weighted by Gasteiger charge is 2.36. The van der Waals surface area contributed by atoms with Crippen molar-refractivity contribution in [3.8, 4) is 0 Å². The molecule has 0 saturated carbocycles. The molecule has 0 aliphatic heterocycles. The molecule has 0 radical (unpaired) electrons. The lowest BCUT2D eigenvalue weighted by Crippen LogP contribution is -2.08. The third kappa shape index (κ3) is 2.19. The second kappa shape index (κ2) is 3.52. The average Bonchev–Trinajstić information content (AvgIpc) is 2.49. The molecule has 1 rings (SSSR count). The van der Waals surface area contributed by atoms with Gasteiger partial charge in [0.2, 0.25) is 6.17 Å². The van der Waals surface area contributed by atoms with E-state index in [1.807, 2.05) is 0 Å². The van der Waals surface area contributed by atoms with Crippen LogP contribution in [0.1, 0.15) is 16.9 Å². The first-order chi connectivity index (χ1) is 6.32. The summed E-state index contributed by atoms with van der Waals surface area (Å²) in [6.45, 7) is 0. The van der Waals surface area contributed by atoms with Crippen LogP contribution in [0.15, 0.2) is 5.38 Å². The van der Waals surface area contributed by atoms with E-state index in [4.69, 9.17) is 5.11 Å². The summed E-state index contributed by atoms with van der Waals surface area (Å²) in [5.74, 6) is -1.86. The van der Waals surface area contributed by atoms with E-state index in [-0.39, 0.29) is 11.3 Å². The molecule has 1 aromatic rings. The topological polar surface area (TPSA) is 50.2 Å². The fourth-order valence-corrected chi connectivity index (χ4v) is 1.36. The molecule has 8 heteroatoms. The summed E-state index contributed by atoms with van der Waals surface area (Å²) in [5, 5.41) is 7.64. The first kappa shape index (κ1) is 10.9. The van der Waals surface area contributed by atoms with E-state index in [9.17, 15) is 22.4 Å². The Bertz CT molecular complexity index is 348. The van der Waals surface area contributed by atoms with Gasteiger partial charge in [-0.25, -0.2) is 14.2 Å². The molecule has 1 unspecified atom stereocenters. The SMILES string of the molecule is O=C(O)C(F)c1csc(C(F)(F)F)n1. The van der Waals surface area contributed by atoms with Gasteiger partial charge in [0.15, 0.2) is 5.01 Å². The van der Waals surface area contributed by atoms with Crippen molar-refractivity contribution in [2.75, 3.05) is 0 Å². The fraction of sp³-hybridized carbons (Fsp3) is 0.333. The Morgan fingerprint density at radius 1 is 1.57 bits per heavy atom. The van der Waals surface area contributed by atoms with E-state index in [1.54, 1.807) is 0 Å². The van der Waals surface area contributed by atoms with Crippen LogP contribution in [0.2, 0.25) is 0 Å². The molecule has 0 amide bonds. The maximum absolute atomic E-state index is 12.6. The molecule has 0 saturated heterocycles. The molecule has 0 bridgehead atoms. The maximum Gasteiger partial charge on any atom is 0.443 e. The number of alkyl halides is 4. The lowest BCUT2D eigenvalue weighted by molar-refractivity contribution is -0.144. The van der Waals surface area contributed by atoms with Gasteiger partial charge in [0, 0.05) is 5.38 Å². The summed E-state index contributed by atoms with van der Waals surface area (Å²) in [7, 11) is 0. The predicted molar refractivity (Wildman–Crippen MR) is 38.6 cm³/mol. The number of rotatable bonds is 2. The number of hydrogen-bond donors (Lipinski definition) is 1. The molecule has 0 spiro atoms. The molecule has 1 aromatic heterocycles. The molecule has 3 nitrogen and oxygen atoms in total. The number of carboxylic acid groups (broad SMARTS) is 1. The van der Waals surface area contributed by atoms with Crippen molar-refractivity contribution >= 4 is 17.3 Å². The summed E-state index contributed by atoms with van der Waals surface area (Å²) in [5.41, 5.74) is -0.727. The number of halogens is 4. The molecule has 0 aromatic carbocycles. The Morgan fingerprint density at radius 2 is 2.14 bits per heavy atom. The average molecular weight is 229 g/mol. The van der Waals surface area contributed by atoms with E-state index in [1.165, 1.54) is 0 Å². The molecule has 0 aliphatic rings. The minimum absolute atomic E-state index is 0.163. The second-order valence-corrected chi connectivity index (χ2v) is 3.13. The number of nitrogens with zero attached hydrogens (tertiary/aromatic N) is 1. The highest BCUT2D eigenvalue weighted by molar-refractivity contribution is 7.09. The van der Waals surface area contributed by atoms with Gasteiger partial charge in [-0.1, -0.05) is 0 Å². The summed E-state index contributed by atoms with van der Waals surface area (Å²) in [6, 6.07) is 0. The summed E-state index contributed by atoms with van der Waals surface area (Å²) in [4.78, 5) is 12.9. The predicted octanol–water partition coefficient (Wildman–Crippen LogP) is 2.26. The summed E-state index contributed by atoms with van der Waals surface area (Å²) >= 11 is 0.163. The van der Waals surface area contributed by atoms with Crippen molar-refractivity contribution in [3.05, 3.63) is 16.1 Å². The number of carbonyl (C=O) groups is 1. The Kier molecular flexibility index (Phi) is 2.74. The van der Waals surface area contributed by atoms with Crippen LogP contribution in [-0.2, 0) is 11.0 Å². The van der Waals surface area contributed by atoms with Crippen molar-refractivity contribution in [1.82, 2.24) is 4.98 Å². The van der Waals surface area contributed by atoms with Crippen LogP contribution in [0, 0.1) is 0 Å². The van der Waals surface area contributed by atoms with Crippen molar-refractivity contribution in [2.24, 2.45) is 0 Å². The van der Waals surface area contributed by atoms with Gasteiger partial charge in [-0.15, -0.1) is 11.3 Å². The van der Waals surface area contributed by atoms with E-state index < -0.39 is 29.0 Å². The Balaban J connectivity index is 2.94. The van der Waals surface area contributed by atoms with E-state index in [2.05, 4.69) is 4.98 Å². The third-order valence-corrected chi connectivity index (χ3v) is 2.15. The van der Waals surface area contributed by atoms with Gasteiger partial charge in [-0.2, -0.15) is 13.2 Å². The first-order valence-electron chi connectivity index (χ1n) is 3.22. The van der Waals surface area contributed by atoms with Gasteiger partial charge in [-0.05, 0) is 0 Å². The Hall–Kier alpha value is -1.18. The minimum atomic E-state index is -4.67. The number of carboxylic acids is 1. The monoisotopic (exact) mass is 229 g/mol. The van der Waals surface area contributed by atoms with Crippen LogP contribution in [0.4, 0.5) is 17.6 Å². The molecule has 14 heavy (non-hydrogen) atoms. The zero-order valence-corrected chi connectivity index (χ0v) is 7.19. The highest BCUT2D eigenvalue weighted by Crippen LogP contribution is 2.33. The summed E-state index contributed by atoms with van der Waals surface area (Å²) in [6.07, 6.45) is -7.18. The number of aliphatic carboxylic acids is 1. The molecule has 1 atom stereocenters. The molecule has 1 heterocycles. The number of thiazole rings is 1. The normalized spacial score (nSPS) is 14.0. The van der Waals surface area contributed by atoms with E-state index >= 15 is 0 Å². The molecule has 0 aliphatic carbocycles. The van der Waals surface area contributed by atoms with Crippen molar-refractivity contribution < 1.29 is 27.5 Å². The van der Waals surface area contributed by atoms with Crippen molar-refractivity contribution in [3.63, 3.8) is 0 Å². The number of aromatic nitrogens is 1. The number of hydrogen-bond acceptors (Lipinski definition) is 3. The molecule has 78 valence electrons. The van der Waals surface area contributed by atoms with E-state index in [0.29, 0.717) is 0 Å². The molecule has 1 N–H and O–H groups in total. The van der Waals surface area contributed by atoms with Crippen LogP contribution in [0.25, 0.3) is 0 Å². The second-order valence-electron chi connectivity index (χ2n) is 2.28. The molecule has 0 fully saturated rings. The van der Waals surface area contributed by atoms with Crippen LogP contribution in [-0.4, -0.2) is 16.1 Å². The first-order valence-corrected chi connectivity index (χ1v) is 4.10. The maximum atomic E-state index is 12.6. The minimum Gasteiger partial charge on any atom is -0.479 e. The lowest BCUT2D eigenvalue weighted by Gasteiger charge is -2.00. The molecular formula is C6H3F4NO2S. The quantitative estimate of drug-likeness (QED) is 0.791. The Morgan fingerprint density at radius 3 is 2.50 bits per heavy atom. The van der Waals surface area contributed by atoms with Gasteiger partial charge in [-0.3, -0.25) is 0 Å². The molecular weight excluding hydrogens is 226 g/mol. The smallest absolute Gasteiger partial charge is 0.443 e. The zero-order valence-electron chi connectivity index (χ0n) is 6.38. The van der Waals surface area contributed by atoms with Crippen LogP contribution in [0.3, 0.4) is 0 Å². The summed E-state index contributed by atoms with van der Waals surface area (Å²) < 4.78 is 48.5. The van der Waals surface area contributed by atoms with Crippen LogP contribution < -0.4 is 0 Å². The lowest BCUT2D eigenvalue weighted by atomic mass is 10.3. The van der Waals surface area contributed by atoms with Crippen LogP contribution >= 0.6 is 11.3 Å². The van der Waals surface area contributed by atoms with Crippen molar-refractivity contribution in [1.29, 1.82) is 0 Å². The standard InChI is InChI=1S/C6H3F4NO2S/c7-3(4(12)13)2-1-14-5(11-2)6(8,9)10/h1,3H,(H,12,13). The highest BCUT2D eigenvalue weighted by atomic mass is 32.1. The third-order valence-electron chi connectivity index (χ3n) is 1.24. The fourth-order valence-electron chi connectivity index (χ4n) is 0.659. The van der Waals surface area contributed by atoms with Gasteiger partial charge in [0.05, 0.1) is 5.69 Å². The van der Waals surface area contributed by atoms with Crippen molar-refractivity contribution in [2.45, 2.75) is 12.3 Å². The van der Waals surface area contributed by atoms with E-state index in [0.717, 1.165) is 5.38 Å². The van der Waals surface area contributed by atoms with Crippen LogP contribution in [0.5, 0.6) is 0 Å². The zero-order chi connectivity index (χ0) is 10.9. The largest absolute Gasteiger partial charge is 0.479 e. The van der Waals surface area contributed by atoms with Gasteiger partial charge >= 0.3 is 12.1 Å². The van der Waals surface area contributed by atoms with Gasteiger partial charge < -0.3 is 5.11 Å². The van der Waals surface area contributed by atoms with Gasteiger partial charge in [0.25, 0.3) is 0 Å². The van der Waals surface area contributed by atoms with Gasteiger partial charge in [0.1, 0.15) is 0 Å². The Labute approximate surface area is 79.0 Å².